The summed E-state index contributed by atoms with van der Waals surface area (Å²) in [5.41, 5.74) is 2.83. The highest BCUT2D eigenvalue weighted by Gasteiger charge is 2.22. The number of aromatic nitrogens is 1. The van der Waals surface area contributed by atoms with Gasteiger partial charge in [0.15, 0.2) is 0 Å². The van der Waals surface area contributed by atoms with Crippen LogP contribution in [0.5, 0.6) is 0 Å². The van der Waals surface area contributed by atoms with E-state index in [1.165, 1.54) is 57.3 Å². The first-order chi connectivity index (χ1) is 10.8. The lowest BCUT2D eigenvalue weighted by Crippen LogP contribution is -2.45. The summed E-state index contributed by atoms with van der Waals surface area (Å²) in [6, 6.07) is 7.43. The zero-order chi connectivity index (χ0) is 15.2. The molecule has 1 aromatic heterocycles. The Balaban J connectivity index is 1.42. The highest BCUT2D eigenvalue weighted by atomic mass is 15.1. The van der Waals surface area contributed by atoms with Gasteiger partial charge >= 0.3 is 0 Å². The van der Waals surface area contributed by atoms with Crippen molar-refractivity contribution in [2.24, 2.45) is 0 Å². The van der Waals surface area contributed by atoms with Crippen LogP contribution in [0.1, 0.15) is 51.1 Å². The third-order valence-electron chi connectivity index (χ3n) is 5.07. The molecule has 22 heavy (non-hydrogen) atoms. The van der Waals surface area contributed by atoms with E-state index in [0.29, 0.717) is 12.1 Å². The molecule has 0 saturated carbocycles. The molecule has 1 N–H and O–H groups in total. The predicted molar refractivity (Wildman–Crippen MR) is 91.7 cm³/mol. The van der Waals surface area contributed by atoms with Crippen LogP contribution in [0.3, 0.4) is 0 Å². The molecule has 1 saturated heterocycles. The summed E-state index contributed by atoms with van der Waals surface area (Å²) in [6.07, 6.45) is 12.2. The summed E-state index contributed by atoms with van der Waals surface area (Å²) in [4.78, 5) is 6.97. The van der Waals surface area contributed by atoms with Crippen LogP contribution >= 0.6 is 0 Å². The van der Waals surface area contributed by atoms with Crippen LogP contribution in [-0.4, -0.2) is 35.1 Å². The third-order valence-corrected chi connectivity index (χ3v) is 5.07. The lowest BCUT2D eigenvalue weighted by molar-refractivity contribution is 0.185. The Morgan fingerprint density at radius 2 is 2.14 bits per heavy atom. The Morgan fingerprint density at radius 3 is 2.82 bits per heavy atom. The molecule has 2 heterocycles. The molecule has 3 heteroatoms. The van der Waals surface area contributed by atoms with Crippen molar-refractivity contribution in [3.8, 4) is 0 Å². The van der Waals surface area contributed by atoms with Gasteiger partial charge in [0.2, 0.25) is 0 Å². The maximum Gasteiger partial charge on any atom is 0.0543 e. The van der Waals surface area contributed by atoms with Crippen molar-refractivity contribution in [1.82, 2.24) is 15.2 Å². The van der Waals surface area contributed by atoms with Gasteiger partial charge in [-0.1, -0.05) is 17.7 Å². The van der Waals surface area contributed by atoms with Crippen molar-refractivity contribution in [3.63, 3.8) is 0 Å². The molecule has 3 rings (SSSR count). The van der Waals surface area contributed by atoms with E-state index in [2.05, 4.69) is 40.3 Å². The number of likely N-dealkylation sites (tertiary alicyclic amines) is 1. The number of pyridine rings is 1. The van der Waals surface area contributed by atoms with Crippen LogP contribution in [0.2, 0.25) is 0 Å². The van der Waals surface area contributed by atoms with Crippen LogP contribution in [0.25, 0.3) is 0 Å². The van der Waals surface area contributed by atoms with Crippen LogP contribution in [0.15, 0.2) is 36.0 Å². The van der Waals surface area contributed by atoms with E-state index >= 15 is 0 Å². The average molecular weight is 299 g/mol. The molecule has 0 spiro atoms. The van der Waals surface area contributed by atoms with E-state index in [0.717, 1.165) is 6.54 Å². The van der Waals surface area contributed by atoms with Gasteiger partial charge in [-0.25, -0.2) is 0 Å². The van der Waals surface area contributed by atoms with Gasteiger partial charge in [0, 0.05) is 37.9 Å². The van der Waals surface area contributed by atoms with E-state index < -0.39 is 0 Å². The third kappa shape index (κ3) is 4.40. The van der Waals surface area contributed by atoms with E-state index in [1.54, 1.807) is 5.57 Å². The van der Waals surface area contributed by atoms with Gasteiger partial charge in [0.1, 0.15) is 0 Å². The standard InChI is InChI=1S/C19H29N3/c1-16(17-7-3-2-4-8-17)21-18-10-13-22(14-11-18)15-19-9-5-6-12-20-19/h5-7,9,12,16,18,21H,2-4,8,10-11,13-15H2,1H3/t16-/m0/s1. The molecule has 1 aromatic rings. The van der Waals surface area contributed by atoms with Crippen molar-refractivity contribution in [1.29, 1.82) is 0 Å². The van der Waals surface area contributed by atoms with Gasteiger partial charge in [-0.05, 0) is 57.6 Å². The highest BCUT2D eigenvalue weighted by molar-refractivity contribution is 5.12. The Labute approximate surface area is 134 Å². The molecule has 1 fully saturated rings. The van der Waals surface area contributed by atoms with Crippen molar-refractivity contribution in [2.45, 2.75) is 64.1 Å². The van der Waals surface area contributed by atoms with Crippen LogP contribution in [0.4, 0.5) is 0 Å². The average Bonchev–Trinajstić information content (AvgIpc) is 2.58. The summed E-state index contributed by atoms with van der Waals surface area (Å²) >= 11 is 0. The summed E-state index contributed by atoms with van der Waals surface area (Å²) in [5.74, 6) is 0. The molecule has 1 aliphatic heterocycles. The summed E-state index contributed by atoms with van der Waals surface area (Å²) in [6.45, 7) is 5.70. The predicted octanol–water partition coefficient (Wildman–Crippen LogP) is 3.52. The fourth-order valence-corrected chi connectivity index (χ4v) is 3.70. The number of nitrogens with one attached hydrogen (secondary N) is 1. The quantitative estimate of drug-likeness (QED) is 0.843. The summed E-state index contributed by atoms with van der Waals surface area (Å²) in [5, 5.41) is 3.86. The molecule has 3 nitrogen and oxygen atoms in total. The smallest absolute Gasteiger partial charge is 0.0543 e. The Kier molecular flexibility index (Phi) is 5.63. The lowest BCUT2D eigenvalue weighted by atomic mass is 9.93. The maximum atomic E-state index is 4.44. The second kappa shape index (κ2) is 7.89. The van der Waals surface area contributed by atoms with Gasteiger partial charge in [-0.2, -0.15) is 0 Å². The van der Waals surface area contributed by atoms with Crippen molar-refractivity contribution >= 4 is 0 Å². The molecule has 1 atom stereocenters. The second-order valence-electron chi connectivity index (χ2n) is 6.78. The maximum absolute atomic E-state index is 4.44. The van der Waals surface area contributed by atoms with Crippen LogP contribution < -0.4 is 5.32 Å². The molecule has 0 bridgehead atoms. The fraction of sp³-hybridized carbons (Fsp3) is 0.632. The largest absolute Gasteiger partial charge is 0.308 e. The number of hydrogen-bond acceptors (Lipinski definition) is 3. The molecule has 120 valence electrons. The van der Waals surface area contributed by atoms with Crippen LogP contribution in [-0.2, 0) is 6.54 Å². The number of piperidine rings is 1. The minimum absolute atomic E-state index is 0.563. The first kappa shape index (κ1) is 15.7. The minimum Gasteiger partial charge on any atom is -0.308 e. The molecule has 1 aliphatic carbocycles. The molecular formula is C19H29N3. The Morgan fingerprint density at radius 1 is 1.27 bits per heavy atom. The van der Waals surface area contributed by atoms with Gasteiger partial charge in [-0.15, -0.1) is 0 Å². The fourth-order valence-electron chi connectivity index (χ4n) is 3.70. The van der Waals surface area contributed by atoms with Gasteiger partial charge in [-0.3, -0.25) is 9.88 Å². The van der Waals surface area contributed by atoms with Gasteiger partial charge < -0.3 is 5.32 Å². The van der Waals surface area contributed by atoms with Gasteiger partial charge in [0.25, 0.3) is 0 Å². The van der Waals surface area contributed by atoms with E-state index in [-0.39, 0.29) is 0 Å². The molecule has 0 radical (unpaired) electrons. The highest BCUT2D eigenvalue weighted by Crippen LogP contribution is 2.21. The SMILES string of the molecule is C[C@H](NC1CCN(Cc2ccccn2)CC1)C1=CCCCC1. The monoisotopic (exact) mass is 299 g/mol. The van der Waals surface area contributed by atoms with E-state index in [9.17, 15) is 0 Å². The van der Waals surface area contributed by atoms with Crippen molar-refractivity contribution < 1.29 is 0 Å². The zero-order valence-corrected chi connectivity index (χ0v) is 13.8. The first-order valence-electron chi connectivity index (χ1n) is 8.88. The lowest BCUT2D eigenvalue weighted by Gasteiger charge is -2.34. The molecule has 2 aliphatic rings. The Bertz CT molecular complexity index is 475. The first-order valence-corrected chi connectivity index (χ1v) is 8.88. The second-order valence-corrected chi connectivity index (χ2v) is 6.78. The molecule has 0 aromatic carbocycles. The summed E-state index contributed by atoms with van der Waals surface area (Å²) < 4.78 is 0. The van der Waals surface area contributed by atoms with E-state index in [1.807, 2.05) is 12.3 Å². The molecule has 0 unspecified atom stereocenters. The number of nitrogens with zero attached hydrogens (tertiary/aromatic N) is 2. The normalized spacial score (nSPS) is 22.3. The number of hydrogen-bond donors (Lipinski definition) is 1. The molecular weight excluding hydrogens is 270 g/mol. The van der Waals surface area contributed by atoms with Crippen molar-refractivity contribution in [2.75, 3.05) is 13.1 Å². The van der Waals surface area contributed by atoms with Crippen molar-refractivity contribution in [3.05, 3.63) is 41.7 Å². The van der Waals surface area contributed by atoms with Gasteiger partial charge in [0.05, 0.1) is 5.69 Å². The Hall–Kier alpha value is -1.19. The molecule has 0 amide bonds. The van der Waals surface area contributed by atoms with E-state index in [4.69, 9.17) is 0 Å². The topological polar surface area (TPSA) is 28.2 Å². The van der Waals surface area contributed by atoms with Crippen LogP contribution in [0, 0.1) is 0 Å². The number of rotatable bonds is 5. The minimum atomic E-state index is 0.563. The zero-order valence-electron chi connectivity index (χ0n) is 13.8. The number of allylic oxidation sites excluding steroid dienone is 1. The summed E-state index contributed by atoms with van der Waals surface area (Å²) in [7, 11) is 0.